The minimum atomic E-state index is -0.356. The van der Waals surface area contributed by atoms with Gasteiger partial charge in [0.25, 0.3) is 0 Å². The standard InChI is InChI=1S/C13H17FN2O2/c1-2-16(10-5-3-4-9(14)6-10)13(17)11-7-18-8-12(11)15/h3-6,11-12H,2,7-8,15H2,1H3. The Kier molecular flexibility index (Phi) is 3.93. The molecule has 0 radical (unpaired) electrons. The topological polar surface area (TPSA) is 55.6 Å². The summed E-state index contributed by atoms with van der Waals surface area (Å²) in [6.45, 7) is 3.07. The molecule has 4 nitrogen and oxygen atoms in total. The van der Waals surface area contributed by atoms with Gasteiger partial charge >= 0.3 is 0 Å². The van der Waals surface area contributed by atoms with E-state index >= 15 is 0 Å². The molecule has 1 fully saturated rings. The van der Waals surface area contributed by atoms with E-state index in [-0.39, 0.29) is 23.7 Å². The molecule has 0 spiro atoms. The van der Waals surface area contributed by atoms with E-state index in [4.69, 9.17) is 10.5 Å². The van der Waals surface area contributed by atoms with Crippen LogP contribution in [0.15, 0.2) is 24.3 Å². The predicted octanol–water partition coefficient (Wildman–Crippen LogP) is 1.15. The summed E-state index contributed by atoms with van der Waals surface area (Å²) in [6.07, 6.45) is 0. The van der Waals surface area contributed by atoms with Crippen LogP contribution >= 0.6 is 0 Å². The number of anilines is 1. The van der Waals surface area contributed by atoms with Gasteiger partial charge in [-0.3, -0.25) is 4.79 Å². The number of carbonyl (C=O) groups excluding carboxylic acids is 1. The molecule has 0 saturated carbocycles. The third-order valence-corrected chi connectivity index (χ3v) is 3.14. The molecule has 1 aliphatic rings. The number of halogens is 1. The first kappa shape index (κ1) is 13.0. The number of carbonyl (C=O) groups is 1. The van der Waals surface area contributed by atoms with Gasteiger partial charge < -0.3 is 15.4 Å². The zero-order chi connectivity index (χ0) is 13.1. The van der Waals surface area contributed by atoms with E-state index < -0.39 is 0 Å². The van der Waals surface area contributed by atoms with Crippen molar-refractivity contribution in [2.75, 3.05) is 24.7 Å². The summed E-state index contributed by atoms with van der Waals surface area (Å²) in [6, 6.07) is 5.73. The van der Waals surface area contributed by atoms with Crippen LogP contribution in [0.5, 0.6) is 0 Å². The van der Waals surface area contributed by atoms with Crippen LogP contribution in [-0.4, -0.2) is 31.7 Å². The lowest BCUT2D eigenvalue weighted by Crippen LogP contribution is -2.43. The Hall–Kier alpha value is -1.46. The number of nitrogens with zero attached hydrogens (tertiary/aromatic N) is 1. The number of hydrogen-bond acceptors (Lipinski definition) is 3. The lowest BCUT2D eigenvalue weighted by molar-refractivity contribution is -0.122. The highest BCUT2D eigenvalue weighted by Gasteiger charge is 2.34. The van der Waals surface area contributed by atoms with Crippen molar-refractivity contribution in [1.29, 1.82) is 0 Å². The summed E-state index contributed by atoms with van der Waals surface area (Å²) in [5.74, 6) is -0.799. The normalized spacial score (nSPS) is 23.1. The first-order chi connectivity index (χ1) is 8.63. The Bertz CT molecular complexity index is 439. The predicted molar refractivity (Wildman–Crippen MR) is 66.7 cm³/mol. The molecule has 1 aromatic carbocycles. The maximum absolute atomic E-state index is 13.2. The molecule has 2 N–H and O–H groups in total. The fourth-order valence-electron chi connectivity index (χ4n) is 2.14. The molecule has 18 heavy (non-hydrogen) atoms. The van der Waals surface area contributed by atoms with Crippen LogP contribution in [0, 0.1) is 11.7 Å². The van der Waals surface area contributed by atoms with Crippen LogP contribution in [0.25, 0.3) is 0 Å². The van der Waals surface area contributed by atoms with Crippen molar-refractivity contribution >= 4 is 11.6 Å². The molecule has 2 rings (SSSR count). The number of hydrogen-bond donors (Lipinski definition) is 1. The smallest absolute Gasteiger partial charge is 0.234 e. The van der Waals surface area contributed by atoms with Crippen molar-refractivity contribution in [2.45, 2.75) is 13.0 Å². The van der Waals surface area contributed by atoms with Crippen molar-refractivity contribution in [1.82, 2.24) is 0 Å². The lowest BCUT2D eigenvalue weighted by Gasteiger charge is -2.25. The average molecular weight is 252 g/mol. The molecule has 2 unspecified atom stereocenters. The molecule has 2 atom stereocenters. The van der Waals surface area contributed by atoms with Crippen molar-refractivity contribution < 1.29 is 13.9 Å². The maximum atomic E-state index is 13.2. The van der Waals surface area contributed by atoms with Gasteiger partial charge in [0.15, 0.2) is 0 Å². The number of ether oxygens (including phenoxy) is 1. The summed E-state index contributed by atoms with van der Waals surface area (Å²) in [7, 11) is 0. The van der Waals surface area contributed by atoms with Crippen LogP contribution in [0.1, 0.15) is 6.92 Å². The van der Waals surface area contributed by atoms with Crippen LogP contribution in [-0.2, 0) is 9.53 Å². The highest BCUT2D eigenvalue weighted by atomic mass is 19.1. The van der Waals surface area contributed by atoms with E-state index in [1.165, 1.54) is 12.1 Å². The van der Waals surface area contributed by atoms with Gasteiger partial charge in [-0.25, -0.2) is 4.39 Å². The molecule has 0 aromatic heterocycles. The third kappa shape index (κ3) is 2.52. The first-order valence-corrected chi connectivity index (χ1v) is 6.03. The summed E-state index contributed by atoms with van der Waals surface area (Å²) in [5, 5.41) is 0. The van der Waals surface area contributed by atoms with Gasteiger partial charge in [0.05, 0.1) is 19.1 Å². The average Bonchev–Trinajstić information content (AvgIpc) is 2.76. The highest BCUT2D eigenvalue weighted by molar-refractivity contribution is 5.95. The molecule has 1 saturated heterocycles. The van der Waals surface area contributed by atoms with Gasteiger partial charge in [0.2, 0.25) is 5.91 Å². The van der Waals surface area contributed by atoms with E-state index in [0.717, 1.165) is 0 Å². The van der Waals surface area contributed by atoms with E-state index in [0.29, 0.717) is 25.4 Å². The second-order valence-electron chi connectivity index (χ2n) is 4.37. The highest BCUT2D eigenvalue weighted by Crippen LogP contribution is 2.21. The second-order valence-corrected chi connectivity index (χ2v) is 4.37. The molecule has 0 aliphatic carbocycles. The molecule has 0 bridgehead atoms. The Morgan fingerprint density at radius 1 is 1.56 bits per heavy atom. The number of amides is 1. The summed E-state index contributed by atoms with van der Waals surface area (Å²) >= 11 is 0. The fraction of sp³-hybridized carbons (Fsp3) is 0.462. The first-order valence-electron chi connectivity index (χ1n) is 6.03. The zero-order valence-corrected chi connectivity index (χ0v) is 10.3. The van der Waals surface area contributed by atoms with E-state index in [1.54, 1.807) is 17.0 Å². The largest absolute Gasteiger partial charge is 0.379 e. The van der Waals surface area contributed by atoms with Gasteiger partial charge in [0.1, 0.15) is 5.82 Å². The minimum Gasteiger partial charge on any atom is -0.379 e. The second kappa shape index (κ2) is 5.46. The Balaban J connectivity index is 2.20. The van der Waals surface area contributed by atoms with Gasteiger partial charge in [-0.15, -0.1) is 0 Å². The minimum absolute atomic E-state index is 0.104. The molecule has 98 valence electrons. The number of rotatable bonds is 3. The number of nitrogens with two attached hydrogens (primary N) is 1. The van der Waals surface area contributed by atoms with Crippen molar-refractivity contribution in [3.8, 4) is 0 Å². The van der Waals surface area contributed by atoms with Gasteiger partial charge in [0, 0.05) is 18.3 Å². The maximum Gasteiger partial charge on any atom is 0.234 e. The molecular formula is C13H17FN2O2. The lowest BCUT2D eigenvalue weighted by atomic mass is 10.0. The van der Waals surface area contributed by atoms with Gasteiger partial charge in [-0.05, 0) is 25.1 Å². The quantitative estimate of drug-likeness (QED) is 0.878. The summed E-state index contributed by atoms with van der Waals surface area (Å²) in [4.78, 5) is 13.9. The molecule has 1 aromatic rings. The monoisotopic (exact) mass is 252 g/mol. The molecular weight excluding hydrogens is 235 g/mol. The van der Waals surface area contributed by atoms with E-state index in [1.807, 2.05) is 6.92 Å². The van der Waals surface area contributed by atoms with E-state index in [2.05, 4.69) is 0 Å². The van der Waals surface area contributed by atoms with Gasteiger partial charge in [-0.2, -0.15) is 0 Å². The Morgan fingerprint density at radius 2 is 2.33 bits per heavy atom. The zero-order valence-electron chi connectivity index (χ0n) is 10.3. The third-order valence-electron chi connectivity index (χ3n) is 3.14. The van der Waals surface area contributed by atoms with Crippen LogP contribution in [0.2, 0.25) is 0 Å². The summed E-state index contributed by atoms with van der Waals surface area (Å²) in [5.41, 5.74) is 6.39. The fourth-order valence-corrected chi connectivity index (χ4v) is 2.14. The van der Waals surface area contributed by atoms with Gasteiger partial charge in [-0.1, -0.05) is 6.07 Å². The van der Waals surface area contributed by atoms with Crippen molar-refractivity contribution in [3.05, 3.63) is 30.1 Å². The van der Waals surface area contributed by atoms with Crippen molar-refractivity contribution in [3.63, 3.8) is 0 Å². The SMILES string of the molecule is CCN(C(=O)C1COCC1N)c1cccc(F)c1. The van der Waals surface area contributed by atoms with Crippen LogP contribution in [0.4, 0.5) is 10.1 Å². The molecule has 5 heteroatoms. The van der Waals surface area contributed by atoms with Crippen molar-refractivity contribution in [2.24, 2.45) is 11.7 Å². The summed E-state index contributed by atoms with van der Waals surface area (Å²) < 4.78 is 18.4. The van der Waals surface area contributed by atoms with E-state index in [9.17, 15) is 9.18 Å². The van der Waals surface area contributed by atoms with Crippen LogP contribution < -0.4 is 10.6 Å². The van der Waals surface area contributed by atoms with Crippen LogP contribution in [0.3, 0.4) is 0 Å². The molecule has 1 aliphatic heterocycles. The Morgan fingerprint density at radius 3 is 2.89 bits per heavy atom. The Labute approximate surface area is 106 Å². The molecule has 1 heterocycles. The number of benzene rings is 1. The molecule has 1 amide bonds.